The van der Waals surface area contributed by atoms with Gasteiger partial charge in [0.2, 0.25) is 0 Å². The molecule has 4 saturated carbocycles. The molecule has 0 aromatic rings. The highest BCUT2D eigenvalue weighted by atomic mass is 19.1. The van der Waals surface area contributed by atoms with Crippen molar-refractivity contribution in [1.82, 2.24) is 0 Å². The molecule has 23 heavy (non-hydrogen) atoms. The second kappa shape index (κ2) is 5.15. The first-order chi connectivity index (χ1) is 10.8. The van der Waals surface area contributed by atoms with Gasteiger partial charge in [-0.1, -0.05) is 13.8 Å². The minimum Gasteiger partial charge on any atom is -0.393 e. The quantitative estimate of drug-likeness (QED) is 0.641. The summed E-state index contributed by atoms with van der Waals surface area (Å²) in [4.78, 5) is 0. The Labute approximate surface area is 138 Å². The third-order valence-corrected chi connectivity index (χ3v) is 8.59. The van der Waals surface area contributed by atoms with E-state index in [1.165, 1.54) is 0 Å². The SMILES string of the molecule is C[C@]12CCC(O)CC1CC(O)[C@@H]1[C@H]2CC[C@]2(C)C(O)C(F)C[C@@H]12. The highest BCUT2D eigenvalue weighted by Crippen LogP contribution is 2.66. The van der Waals surface area contributed by atoms with Crippen LogP contribution in [0, 0.1) is 34.5 Å². The number of aliphatic hydroxyl groups is 3. The van der Waals surface area contributed by atoms with E-state index in [1.54, 1.807) is 0 Å². The number of fused-ring (bicyclic) bond motifs is 5. The van der Waals surface area contributed by atoms with Gasteiger partial charge in [0.15, 0.2) is 0 Å². The standard InChI is InChI=1S/C19H31FO3/c1-18-5-3-11(21)7-10(18)8-15(22)16-12(18)4-6-19(2)13(16)9-14(20)17(19)23/h10-17,21-23H,3-9H2,1-2H3/t10?,11?,12-,13+,14?,15?,16-,17?,18+,19+/m1/s1. The predicted molar refractivity (Wildman–Crippen MR) is 85.4 cm³/mol. The Morgan fingerprint density at radius 3 is 2.30 bits per heavy atom. The van der Waals surface area contributed by atoms with Gasteiger partial charge in [-0.05, 0) is 79.4 Å². The molecule has 0 aromatic carbocycles. The van der Waals surface area contributed by atoms with Crippen LogP contribution in [0.4, 0.5) is 4.39 Å². The van der Waals surface area contributed by atoms with Gasteiger partial charge in [0.25, 0.3) is 0 Å². The topological polar surface area (TPSA) is 60.7 Å². The van der Waals surface area contributed by atoms with Crippen LogP contribution >= 0.6 is 0 Å². The van der Waals surface area contributed by atoms with Crippen molar-refractivity contribution in [2.75, 3.05) is 0 Å². The molecule has 10 atom stereocenters. The van der Waals surface area contributed by atoms with Crippen LogP contribution in [0.3, 0.4) is 0 Å². The van der Waals surface area contributed by atoms with Crippen LogP contribution in [0.2, 0.25) is 0 Å². The smallest absolute Gasteiger partial charge is 0.127 e. The number of hydrogen-bond acceptors (Lipinski definition) is 3. The summed E-state index contributed by atoms with van der Waals surface area (Å²) in [6.45, 7) is 4.37. The largest absolute Gasteiger partial charge is 0.393 e. The first-order valence-electron chi connectivity index (χ1n) is 9.45. The van der Waals surface area contributed by atoms with Crippen molar-refractivity contribution in [1.29, 1.82) is 0 Å². The molecule has 0 spiro atoms. The number of rotatable bonds is 0. The van der Waals surface area contributed by atoms with Crippen LogP contribution in [0.25, 0.3) is 0 Å². The molecular weight excluding hydrogens is 295 g/mol. The zero-order chi connectivity index (χ0) is 16.6. The first kappa shape index (κ1) is 16.3. The molecule has 132 valence electrons. The zero-order valence-corrected chi connectivity index (χ0v) is 14.3. The maximum absolute atomic E-state index is 14.3. The fraction of sp³-hybridized carbons (Fsp3) is 1.00. The van der Waals surface area contributed by atoms with Crippen molar-refractivity contribution < 1.29 is 19.7 Å². The van der Waals surface area contributed by atoms with Crippen LogP contribution in [-0.2, 0) is 0 Å². The van der Waals surface area contributed by atoms with Crippen LogP contribution < -0.4 is 0 Å². The first-order valence-corrected chi connectivity index (χ1v) is 9.45. The second-order valence-electron chi connectivity index (χ2n) is 9.47. The summed E-state index contributed by atoms with van der Waals surface area (Å²) in [5.41, 5.74) is -0.219. The van der Waals surface area contributed by atoms with Gasteiger partial charge < -0.3 is 15.3 Å². The van der Waals surface area contributed by atoms with Crippen molar-refractivity contribution in [3.05, 3.63) is 0 Å². The Hall–Kier alpha value is -0.190. The molecule has 0 heterocycles. The Bertz CT molecular complexity index is 485. The normalized spacial score (nSPS) is 62.3. The average Bonchev–Trinajstić information content (AvgIpc) is 2.73. The summed E-state index contributed by atoms with van der Waals surface area (Å²) in [6.07, 6.45) is 2.97. The molecule has 4 aliphatic rings. The van der Waals surface area contributed by atoms with Crippen molar-refractivity contribution in [2.45, 2.75) is 83.3 Å². The third-order valence-electron chi connectivity index (χ3n) is 8.59. The molecule has 4 rings (SSSR count). The Kier molecular flexibility index (Phi) is 3.65. The lowest BCUT2D eigenvalue weighted by Gasteiger charge is -2.61. The molecule has 0 bridgehead atoms. The number of alkyl halides is 1. The van der Waals surface area contributed by atoms with Crippen LogP contribution in [-0.4, -0.2) is 39.8 Å². The molecule has 5 unspecified atom stereocenters. The minimum absolute atomic E-state index is 0.0888. The van der Waals surface area contributed by atoms with E-state index in [9.17, 15) is 19.7 Å². The molecule has 4 aliphatic carbocycles. The number of hydrogen-bond donors (Lipinski definition) is 3. The molecule has 4 heteroatoms. The maximum Gasteiger partial charge on any atom is 0.127 e. The highest BCUT2D eigenvalue weighted by Gasteiger charge is 2.64. The van der Waals surface area contributed by atoms with Crippen molar-refractivity contribution in [2.24, 2.45) is 34.5 Å². The van der Waals surface area contributed by atoms with Gasteiger partial charge in [-0.25, -0.2) is 4.39 Å². The van der Waals surface area contributed by atoms with Crippen LogP contribution in [0.5, 0.6) is 0 Å². The lowest BCUT2D eigenvalue weighted by molar-refractivity contribution is -0.177. The lowest BCUT2D eigenvalue weighted by atomic mass is 9.44. The van der Waals surface area contributed by atoms with Crippen molar-refractivity contribution in [3.63, 3.8) is 0 Å². The molecule has 3 nitrogen and oxygen atoms in total. The summed E-state index contributed by atoms with van der Waals surface area (Å²) < 4.78 is 14.3. The van der Waals surface area contributed by atoms with E-state index >= 15 is 0 Å². The van der Waals surface area contributed by atoms with E-state index < -0.39 is 18.4 Å². The second-order valence-corrected chi connectivity index (χ2v) is 9.47. The van der Waals surface area contributed by atoms with Gasteiger partial charge in [0.1, 0.15) is 6.17 Å². The average molecular weight is 326 g/mol. The fourth-order valence-electron chi connectivity index (χ4n) is 7.15. The Balaban J connectivity index is 1.68. The van der Waals surface area contributed by atoms with Crippen molar-refractivity contribution >= 4 is 0 Å². The third kappa shape index (κ3) is 2.10. The molecule has 0 aromatic heterocycles. The number of halogens is 1. The fourth-order valence-corrected chi connectivity index (χ4v) is 7.15. The van der Waals surface area contributed by atoms with Crippen molar-refractivity contribution in [3.8, 4) is 0 Å². The summed E-state index contributed by atoms with van der Waals surface area (Å²) in [5, 5.41) is 31.3. The molecule has 0 amide bonds. The Morgan fingerprint density at radius 1 is 0.870 bits per heavy atom. The minimum atomic E-state index is -1.14. The summed E-state index contributed by atoms with van der Waals surface area (Å²) in [6, 6.07) is 0. The molecule has 4 fully saturated rings. The molecule has 0 aliphatic heterocycles. The molecule has 0 radical (unpaired) electrons. The van der Waals surface area contributed by atoms with E-state index in [4.69, 9.17) is 0 Å². The summed E-state index contributed by atoms with van der Waals surface area (Å²) >= 11 is 0. The van der Waals surface area contributed by atoms with Gasteiger partial charge in [-0.3, -0.25) is 0 Å². The monoisotopic (exact) mass is 326 g/mol. The van der Waals surface area contributed by atoms with Gasteiger partial charge in [0.05, 0.1) is 18.3 Å². The van der Waals surface area contributed by atoms with Crippen LogP contribution in [0.15, 0.2) is 0 Å². The van der Waals surface area contributed by atoms with E-state index in [0.717, 1.165) is 38.5 Å². The number of aliphatic hydroxyl groups excluding tert-OH is 3. The highest BCUT2D eigenvalue weighted by molar-refractivity contribution is 5.13. The van der Waals surface area contributed by atoms with E-state index in [1.807, 2.05) is 6.92 Å². The van der Waals surface area contributed by atoms with E-state index in [2.05, 4.69) is 6.92 Å². The lowest BCUT2D eigenvalue weighted by Crippen LogP contribution is -2.58. The van der Waals surface area contributed by atoms with Gasteiger partial charge in [-0.2, -0.15) is 0 Å². The van der Waals surface area contributed by atoms with Gasteiger partial charge >= 0.3 is 0 Å². The van der Waals surface area contributed by atoms with Crippen LogP contribution in [0.1, 0.15) is 58.8 Å². The Morgan fingerprint density at radius 2 is 1.57 bits per heavy atom. The summed E-state index contributed by atoms with van der Waals surface area (Å²) in [5.74, 6) is 0.977. The van der Waals surface area contributed by atoms with E-state index in [-0.39, 0.29) is 28.8 Å². The molecular formula is C19H31FO3. The predicted octanol–water partition coefficient (Wildman–Crippen LogP) is 2.67. The summed E-state index contributed by atoms with van der Waals surface area (Å²) in [7, 11) is 0. The molecule has 0 saturated heterocycles. The van der Waals surface area contributed by atoms with E-state index in [0.29, 0.717) is 18.3 Å². The molecule has 3 N–H and O–H groups in total. The van der Waals surface area contributed by atoms with Gasteiger partial charge in [0, 0.05) is 0 Å². The maximum atomic E-state index is 14.3. The zero-order valence-electron chi connectivity index (χ0n) is 14.3. The van der Waals surface area contributed by atoms with Gasteiger partial charge in [-0.15, -0.1) is 0 Å².